The van der Waals surface area contributed by atoms with Gasteiger partial charge in [0.1, 0.15) is 0 Å². The normalized spacial score (nSPS) is 19.2. The summed E-state index contributed by atoms with van der Waals surface area (Å²) in [6.07, 6.45) is 0. The highest BCUT2D eigenvalue weighted by Crippen LogP contribution is 2.30. The summed E-state index contributed by atoms with van der Waals surface area (Å²) < 4.78 is 25.9. The third-order valence-electron chi connectivity index (χ3n) is 4.09. The van der Waals surface area contributed by atoms with Crippen molar-refractivity contribution < 1.29 is 27.9 Å². The van der Waals surface area contributed by atoms with E-state index in [9.17, 15) is 22.8 Å². The van der Waals surface area contributed by atoms with Crippen molar-refractivity contribution >= 4 is 27.6 Å². The molecule has 0 spiro atoms. The summed E-state index contributed by atoms with van der Waals surface area (Å²) >= 11 is 0. The smallest absolute Gasteiger partial charge is 0.335 e. The molecule has 0 radical (unpaired) electrons. The first kappa shape index (κ1) is 17.0. The maximum atomic E-state index is 12.7. The summed E-state index contributed by atoms with van der Waals surface area (Å²) in [7, 11) is -2.80. The molecule has 1 aliphatic heterocycles. The molecule has 0 saturated heterocycles. The minimum Gasteiger partial charge on any atom is -0.478 e. The number of hydrogen-bond acceptors (Lipinski definition) is 5. The number of carbonyl (C=O) groups excluding carboxylic acids is 2. The summed E-state index contributed by atoms with van der Waals surface area (Å²) in [5.41, 5.74) is 0.0173. The Balaban J connectivity index is 2.06. The van der Waals surface area contributed by atoms with Crippen molar-refractivity contribution in [2.24, 2.45) is 0 Å². The van der Waals surface area contributed by atoms with Crippen LogP contribution < -0.4 is 0 Å². The molecule has 1 N–H and O–H groups in total. The number of sulfonamides is 1. The van der Waals surface area contributed by atoms with Crippen molar-refractivity contribution in [2.75, 3.05) is 7.05 Å². The lowest BCUT2D eigenvalue weighted by Gasteiger charge is -2.31. The molecule has 1 unspecified atom stereocenters. The van der Waals surface area contributed by atoms with Gasteiger partial charge in [-0.3, -0.25) is 9.59 Å². The number of fused-ring (bicyclic) bond motifs is 1. The van der Waals surface area contributed by atoms with Gasteiger partial charge in [0, 0.05) is 18.2 Å². The number of rotatable bonds is 3. The van der Waals surface area contributed by atoms with Crippen LogP contribution in [0.4, 0.5) is 0 Å². The SMILES string of the molecule is CN1C(C(=O)c2ccc(C(=O)O)cc2)C(=O)c2ccccc2S1(=O)=O. The third-order valence-corrected chi connectivity index (χ3v) is 5.97. The second kappa shape index (κ2) is 5.91. The maximum absolute atomic E-state index is 12.7. The molecule has 0 aliphatic carbocycles. The highest BCUT2D eigenvalue weighted by Gasteiger charge is 2.45. The van der Waals surface area contributed by atoms with Crippen molar-refractivity contribution in [3.63, 3.8) is 0 Å². The largest absolute Gasteiger partial charge is 0.478 e. The summed E-state index contributed by atoms with van der Waals surface area (Å²) in [4.78, 5) is 36.2. The van der Waals surface area contributed by atoms with E-state index in [1.807, 2.05) is 0 Å². The topological polar surface area (TPSA) is 109 Å². The fourth-order valence-electron chi connectivity index (χ4n) is 2.72. The lowest BCUT2D eigenvalue weighted by atomic mass is 9.95. The van der Waals surface area contributed by atoms with Gasteiger partial charge in [-0.2, -0.15) is 4.31 Å². The van der Waals surface area contributed by atoms with E-state index in [0.29, 0.717) is 0 Å². The molecular formula is C17H13NO6S. The van der Waals surface area contributed by atoms with E-state index in [4.69, 9.17) is 5.11 Å². The fourth-order valence-corrected chi connectivity index (χ4v) is 4.20. The second-order valence-electron chi connectivity index (χ2n) is 5.53. The Bertz CT molecular complexity index is 994. The number of carboxylic acids is 1. The van der Waals surface area contributed by atoms with E-state index in [1.165, 1.54) is 55.6 Å². The predicted molar refractivity (Wildman–Crippen MR) is 87.2 cm³/mol. The van der Waals surface area contributed by atoms with E-state index in [1.54, 1.807) is 0 Å². The molecule has 25 heavy (non-hydrogen) atoms. The monoisotopic (exact) mass is 359 g/mol. The van der Waals surface area contributed by atoms with Crippen LogP contribution in [-0.4, -0.2) is 48.5 Å². The zero-order valence-corrected chi connectivity index (χ0v) is 13.9. The van der Waals surface area contributed by atoms with Crippen LogP contribution in [-0.2, 0) is 10.0 Å². The number of likely N-dealkylation sites (N-methyl/N-ethyl adjacent to an activating group) is 1. The van der Waals surface area contributed by atoms with E-state index >= 15 is 0 Å². The first-order valence-electron chi connectivity index (χ1n) is 7.24. The first-order chi connectivity index (χ1) is 11.7. The molecule has 1 aliphatic rings. The Kier molecular flexibility index (Phi) is 4.02. The molecule has 0 aromatic heterocycles. The standard InChI is InChI=1S/C17H13NO6S/c1-18-14(15(19)10-6-8-11(9-7-10)17(21)22)16(20)12-4-2-3-5-13(12)25(18,23)24/h2-9,14H,1H3,(H,21,22). The number of ketones is 2. The number of Topliss-reactive ketones (excluding diaryl/α,β-unsaturated/α-hetero) is 2. The number of hydrogen-bond donors (Lipinski definition) is 1. The van der Waals surface area contributed by atoms with Gasteiger partial charge in [-0.15, -0.1) is 0 Å². The van der Waals surface area contributed by atoms with Gasteiger partial charge in [-0.1, -0.05) is 24.3 Å². The van der Waals surface area contributed by atoms with Gasteiger partial charge in [0.25, 0.3) is 0 Å². The van der Waals surface area contributed by atoms with Crippen molar-refractivity contribution in [3.05, 3.63) is 65.2 Å². The van der Waals surface area contributed by atoms with Crippen LogP contribution in [0.5, 0.6) is 0 Å². The Morgan fingerprint density at radius 1 is 1.00 bits per heavy atom. The van der Waals surface area contributed by atoms with Gasteiger partial charge >= 0.3 is 5.97 Å². The van der Waals surface area contributed by atoms with Crippen LogP contribution in [0.15, 0.2) is 53.4 Å². The van der Waals surface area contributed by atoms with Crippen molar-refractivity contribution in [3.8, 4) is 0 Å². The van der Waals surface area contributed by atoms with Crippen LogP contribution in [0.2, 0.25) is 0 Å². The second-order valence-corrected chi connectivity index (χ2v) is 7.50. The number of carbonyl (C=O) groups is 3. The first-order valence-corrected chi connectivity index (χ1v) is 8.68. The number of benzene rings is 2. The molecule has 7 nitrogen and oxygen atoms in total. The molecule has 0 amide bonds. The average molecular weight is 359 g/mol. The van der Waals surface area contributed by atoms with Gasteiger partial charge in [-0.05, 0) is 24.3 Å². The molecule has 3 rings (SSSR count). The van der Waals surface area contributed by atoms with Crippen LogP contribution in [0.3, 0.4) is 0 Å². The minimum atomic E-state index is -3.98. The third kappa shape index (κ3) is 2.65. The summed E-state index contributed by atoms with van der Waals surface area (Å²) in [5, 5.41) is 8.90. The Hall–Kier alpha value is -2.84. The molecule has 0 saturated carbocycles. The van der Waals surface area contributed by atoms with Crippen LogP contribution in [0.25, 0.3) is 0 Å². The highest BCUT2D eigenvalue weighted by atomic mass is 32.2. The van der Waals surface area contributed by atoms with E-state index in [-0.39, 0.29) is 21.6 Å². The average Bonchev–Trinajstić information content (AvgIpc) is 2.60. The Morgan fingerprint density at radius 3 is 2.16 bits per heavy atom. The van der Waals surface area contributed by atoms with Gasteiger partial charge < -0.3 is 5.11 Å². The van der Waals surface area contributed by atoms with Gasteiger partial charge in [-0.25, -0.2) is 13.2 Å². The minimum absolute atomic E-state index is 0.0159. The molecule has 0 bridgehead atoms. The molecule has 1 atom stereocenters. The zero-order valence-electron chi connectivity index (χ0n) is 13.0. The van der Waals surface area contributed by atoms with E-state index in [0.717, 1.165) is 4.31 Å². The summed E-state index contributed by atoms with van der Waals surface area (Å²) in [6, 6.07) is 9.19. The van der Waals surface area contributed by atoms with Crippen molar-refractivity contribution in [1.82, 2.24) is 4.31 Å². The van der Waals surface area contributed by atoms with Gasteiger partial charge in [0.15, 0.2) is 17.6 Å². The van der Waals surface area contributed by atoms with Gasteiger partial charge in [0.2, 0.25) is 10.0 Å². The molecule has 128 valence electrons. The zero-order chi connectivity index (χ0) is 18.4. The molecule has 2 aromatic rings. The Labute approximate surface area is 143 Å². The molecule has 2 aromatic carbocycles. The number of nitrogens with zero attached hydrogens (tertiary/aromatic N) is 1. The van der Waals surface area contributed by atoms with Crippen LogP contribution >= 0.6 is 0 Å². The van der Waals surface area contributed by atoms with Crippen molar-refractivity contribution in [2.45, 2.75) is 10.9 Å². The van der Waals surface area contributed by atoms with Crippen LogP contribution in [0, 0.1) is 0 Å². The number of carboxylic acid groups (broad SMARTS) is 1. The Morgan fingerprint density at radius 2 is 1.56 bits per heavy atom. The predicted octanol–water partition coefficient (Wildman–Crippen LogP) is 1.45. The summed E-state index contributed by atoms with van der Waals surface area (Å²) in [5.74, 6) is -2.47. The van der Waals surface area contributed by atoms with Gasteiger partial charge in [0.05, 0.1) is 10.5 Å². The van der Waals surface area contributed by atoms with Crippen molar-refractivity contribution in [1.29, 1.82) is 0 Å². The molecule has 1 heterocycles. The van der Waals surface area contributed by atoms with E-state index < -0.39 is 33.6 Å². The fraction of sp³-hybridized carbons (Fsp3) is 0.118. The molecule has 8 heteroatoms. The molecule has 0 fully saturated rings. The number of aromatic carboxylic acids is 1. The lowest BCUT2D eigenvalue weighted by molar-refractivity contribution is 0.0694. The molecular weight excluding hydrogens is 346 g/mol. The maximum Gasteiger partial charge on any atom is 0.335 e. The highest BCUT2D eigenvalue weighted by molar-refractivity contribution is 7.89. The van der Waals surface area contributed by atoms with E-state index in [2.05, 4.69) is 0 Å². The summed E-state index contributed by atoms with van der Waals surface area (Å²) in [6.45, 7) is 0. The quantitative estimate of drug-likeness (QED) is 0.656. The van der Waals surface area contributed by atoms with Crippen LogP contribution in [0.1, 0.15) is 31.1 Å². The lowest BCUT2D eigenvalue weighted by Crippen LogP contribution is -2.51.